The van der Waals surface area contributed by atoms with E-state index in [2.05, 4.69) is 0 Å². The summed E-state index contributed by atoms with van der Waals surface area (Å²) in [6.45, 7) is 3.98. The van der Waals surface area contributed by atoms with Crippen molar-refractivity contribution in [3.05, 3.63) is 29.8 Å². The molecule has 1 atom stereocenters. The van der Waals surface area contributed by atoms with Gasteiger partial charge in [0.15, 0.2) is 9.84 Å². The first-order chi connectivity index (χ1) is 10.7. The van der Waals surface area contributed by atoms with Crippen molar-refractivity contribution in [2.24, 2.45) is 5.92 Å². The van der Waals surface area contributed by atoms with E-state index in [0.717, 1.165) is 0 Å². The molecule has 1 saturated heterocycles. The van der Waals surface area contributed by atoms with Crippen LogP contribution in [0.5, 0.6) is 0 Å². The van der Waals surface area contributed by atoms with E-state index in [4.69, 9.17) is 5.26 Å². The Morgan fingerprint density at radius 3 is 2.52 bits per heavy atom. The molecule has 6 nitrogen and oxygen atoms in total. The lowest BCUT2D eigenvalue weighted by atomic mass is 10.2. The van der Waals surface area contributed by atoms with E-state index in [-0.39, 0.29) is 34.4 Å². The second-order valence-corrected chi connectivity index (χ2v) is 10.2. The summed E-state index contributed by atoms with van der Waals surface area (Å²) in [6, 6.07) is 7.33. The summed E-state index contributed by atoms with van der Waals surface area (Å²) in [5.41, 5.74) is 0.0714. The van der Waals surface area contributed by atoms with Crippen molar-refractivity contribution in [1.29, 1.82) is 5.26 Å². The molecule has 0 amide bonds. The molecule has 0 spiro atoms. The van der Waals surface area contributed by atoms with Gasteiger partial charge in [-0.25, -0.2) is 16.8 Å². The van der Waals surface area contributed by atoms with Gasteiger partial charge in [0.05, 0.1) is 22.0 Å². The van der Waals surface area contributed by atoms with Crippen molar-refractivity contribution in [1.82, 2.24) is 4.31 Å². The first-order valence-corrected chi connectivity index (χ1v) is 10.6. The van der Waals surface area contributed by atoms with E-state index in [1.165, 1.54) is 16.4 Å². The minimum atomic E-state index is -3.93. The molecule has 126 valence electrons. The van der Waals surface area contributed by atoms with Crippen LogP contribution in [0.15, 0.2) is 29.2 Å². The summed E-state index contributed by atoms with van der Waals surface area (Å²) in [5, 5.41) is 9.17. The minimum Gasteiger partial charge on any atom is -0.229 e. The molecular formula is C15H20N2O4S2. The predicted molar refractivity (Wildman–Crippen MR) is 86.9 cm³/mol. The van der Waals surface area contributed by atoms with Gasteiger partial charge in [-0.3, -0.25) is 0 Å². The molecule has 23 heavy (non-hydrogen) atoms. The summed E-state index contributed by atoms with van der Waals surface area (Å²) in [4.78, 5) is -0.0625. The van der Waals surface area contributed by atoms with Crippen LogP contribution in [0.1, 0.15) is 25.8 Å². The van der Waals surface area contributed by atoms with Gasteiger partial charge in [-0.1, -0.05) is 26.0 Å². The van der Waals surface area contributed by atoms with Crippen LogP contribution in [-0.4, -0.2) is 45.2 Å². The number of nitrogens with zero attached hydrogens (tertiary/aromatic N) is 2. The Labute approximate surface area is 137 Å². The molecule has 0 bridgehead atoms. The van der Waals surface area contributed by atoms with Crippen LogP contribution < -0.4 is 0 Å². The molecule has 0 aliphatic carbocycles. The SMILES string of the molecule is CC(C)CN([C@@H]1CCS(=O)(=O)C1)S(=O)(=O)c1ccccc1C#N. The summed E-state index contributed by atoms with van der Waals surface area (Å²) in [7, 11) is -7.13. The maximum atomic E-state index is 13.0. The smallest absolute Gasteiger partial charge is 0.229 e. The maximum absolute atomic E-state index is 13.0. The third-order valence-corrected chi connectivity index (χ3v) is 7.48. The number of rotatable bonds is 5. The van der Waals surface area contributed by atoms with E-state index in [1.807, 2.05) is 19.9 Å². The average molecular weight is 356 g/mol. The number of hydrogen-bond acceptors (Lipinski definition) is 5. The van der Waals surface area contributed by atoms with Crippen molar-refractivity contribution < 1.29 is 16.8 Å². The molecule has 1 fully saturated rings. The van der Waals surface area contributed by atoms with Gasteiger partial charge in [0.2, 0.25) is 10.0 Å². The van der Waals surface area contributed by atoms with Crippen LogP contribution in [-0.2, 0) is 19.9 Å². The van der Waals surface area contributed by atoms with Gasteiger partial charge >= 0.3 is 0 Å². The highest BCUT2D eigenvalue weighted by Crippen LogP contribution is 2.27. The van der Waals surface area contributed by atoms with Crippen LogP contribution in [0.2, 0.25) is 0 Å². The zero-order chi connectivity index (χ0) is 17.3. The first kappa shape index (κ1) is 17.9. The van der Waals surface area contributed by atoms with Gasteiger partial charge in [0.1, 0.15) is 6.07 Å². The highest BCUT2D eigenvalue weighted by Gasteiger charge is 2.39. The second kappa shape index (κ2) is 6.59. The van der Waals surface area contributed by atoms with E-state index < -0.39 is 25.9 Å². The molecule has 0 N–H and O–H groups in total. The predicted octanol–water partition coefficient (Wildman–Crippen LogP) is 1.39. The largest absolute Gasteiger partial charge is 0.244 e. The lowest BCUT2D eigenvalue weighted by molar-refractivity contribution is 0.307. The maximum Gasteiger partial charge on any atom is 0.244 e. The van der Waals surface area contributed by atoms with Crippen LogP contribution in [0, 0.1) is 17.2 Å². The van der Waals surface area contributed by atoms with E-state index in [1.54, 1.807) is 12.1 Å². The summed E-state index contributed by atoms with van der Waals surface area (Å²) in [5.74, 6) is -0.114. The van der Waals surface area contributed by atoms with Gasteiger partial charge < -0.3 is 0 Å². The third-order valence-electron chi connectivity index (χ3n) is 3.75. The third kappa shape index (κ3) is 3.91. The molecular weight excluding hydrogens is 336 g/mol. The standard InChI is InChI=1S/C15H20N2O4S2/c1-12(2)10-17(14-7-8-22(18,19)11-14)23(20,21)15-6-4-3-5-13(15)9-16/h3-6,12,14H,7-8,10-11H2,1-2H3/t14-/m1/s1. The molecule has 0 radical (unpaired) electrons. The van der Waals surface area contributed by atoms with Gasteiger partial charge in [-0.2, -0.15) is 9.57 Å². The Morgan fingerprint density at radius 1 is 1.35 bits per heavy atom. The fourth-order valence-corrected chi connectivity index (χ4v) is 6.50. The van der Waals surface area contributed by atoms with Crippen molar-refractivity contribution in [3.8, 4) is 6.07 Å². The van der Waals surface area contributed by atoms with Crippen molar-refractivity contribution in [2.45, 2.75) is 31.2 Å². The quantitative estimate of drug-likeness (QED) is 0.794. The fourth-order valence-electron chi connectivity index (χ4n) is 2.72. The van der Waals surface area contributed by atoms with Crippen LogP contribution in [0.25, 0.3) is 0 Å². The van der Waals surface area contributed by atoms with Gasteiger partial charge in [-0.05, 0) is 24.5 Å². The second-order valence-electron chi connectivity index (χ2n) is 6.13. The topological polar surface area (TPSA) is 95.3 Å². The lowest BCUT2D eigenvalue weighted by Gasteiger charge is -2.29. The number of benzene rings is 1. The number of sulfonamides is 1. The summed E-state index contributed by atoms with van der Waals surface area (Å²) < 4.78 is 50.8. The molecule has 0 aromatic heterocycles. The molecule has 1 aliphatic heterocycles. The summed E-state index contributed by atoms with van der Waals surface area (Å²) >= 11 is 0. The Hall–Kier alpha value is -1.43. The average Bonchev–Trinajstić information content (AvgIpc) is 2.84. The van der Waals surface area contributed by atoms with Gasteiger partial charge in [0.25, 0.3) is 0 Å². The monoisotopic (exact) mass is 356 g/mol. The first-order valence-electron chi connectivity index (χ1n) is 7.39. The van der Waals surface area contributed by atoms with Crippen LogP contribution >= 0.6 is 0 Å². The molecule has 1 heterocycles. The van der Waals surface area contributed by atoms with Crippen molar-refractivity contribution in [2.75, 3.05) is 18.1 Å². The number of nitriles is 1. The Morgan fingerprint density at radius 2 is 2.00 bits per heavy atom. The molecule has 0 saturated carbocycles. The Kier molecular flexibility index (Phi) is 5.14. The Balaban J connectivity index is 2.48. The molecule has 2 rings (SSSR count). The lowest BCUT2D eigenvalue weighted by Crippen LogP contribution is -2.43. The highest BCUT2D eigenvalue weighted by atomic mass is 32.2. The zero-order valence-corrected chi connectivity index (χ0v) is 14.8. The van der Waals surface area contributed by atoms with E-state index in [0.29, 0.717) is 6.42 Å². The van der Waals surface area contributed by atoms with Gasteiger partial charge in [0, 0.05) is 12.6 Å². The normalized spacial score (nSPS) is 20.7. The molecule has 8 heteroatoms. The highest BCUT2D eigenvalue weighted by molar-refractivity contribution is 7.92. The van der Waals surface area contributed by atoms with E-state index in [9.17, 15) is 16.8 Å². The van der Waals surface area contributed by atoms with Crippen LogP contribution in [0.4, 0.5) is 0 Å². The molecule has 1 aromatic carbocycles. The minimum absolute atomic E-state index is 0.00167. The van der Waals surface area contributed by atoms with Crippen LogP contribution in [0.3, 0.4) is 0 Å². The molecule has 1 aliphatic rings. The zero-order valence-electron chi connectivity index (χ0n) is 13.1. The van der Waals surface area contributed by atoms with Gasteiger partial charge in [-0.15, -0.1) is 0 Å². The van der Waals surface area contributed by atoms with Crippen molar-refractivity contribution >= 4 is 19.9 Å². The molecule has 1 aromatic rings. The Bertz CT molecular complexity index is 823. The number of sulfone groups is 1. The summed E-state index contributed by atoms with van der Waals surface area (Å²) in [6.07, 6.45) is 0.295. The fraction of sp³-hybridized carbons (Fsp3) is 0.533. The van der Waals surface area contributed by atoms with Crippen molar-refractivity contribution in [3.63, 3.8) is 0 Å². The van der Waals surface area contributed by atoms with E-state index >= 15 is 0 Å². The number of hydrogen-bond donors (Lipinski definition) is 0. The molecule has 0 unspecified atom stereocenters.